The highest BCUT2D eigenvalue weighted by Crippen LogP contribution is 2.32. The van der Waals surface area contributed by atoms with Crippen molar-refractivity contribution in [2.45, 2.75) is 18.4 Å². The minimum atomic E-state index is -0.690. The molecule has 0 atom stereocenters. The van der Waals surface area contributed by atoms with E-state index in [2.05, 4.69) is 16.9 Å². The van der Waals surface area contributed by atoms with E-state index in [1.165, 1.54) is 0 Å². The smallest absolute Gasteiger partial charge is 0.127 e. The van der Waals surface area contributed by atoms with Crippen molar-refractivity contribution in [2.24, 2.45) is 0 Å². The molecule has 94 valence electrons. The van der Waals surface area contributed by atoms with Crippen molar-refractivity contribution in [3.63, 3.8) is 0 Å². The Morgan fingerprint density at radius 3 is 2.41 bits per heavy atom. The van der Waals surface area contributed by atoms with Gasteiger partial charge in [0.1, 0.15) is 5.82 Å². The van der Waals surface area contributed by atoms with Gasteiger partial charge in [-0.3, -0.25) is 0 Å². The lowest BCUT2D eigenvalue weighted by Gasteiger charge is -2.36. The van der Waals surface area contributed by atoms with Crippen LogP contribution in [0.2, 0.25) is 0 Å². The summed E-state index contributed by atoms with van der Waals surface area (Å²) in [5.41, 5.74) is 0.251. The standard InChI is InChI=1S/C13H21N3O/c1-15(2)12-5-4-11(10-14-12)13(17)6-8-16(3)9-7-13/h4-5,10,17H,6-9H2,1-3H3. The normalized spacial score (nSPS) is 20.2. The van der Waals surface area contributed by atoms with Crippen molar-refractivity contribution in [3.05, 3.63) is 23.9 Å². The predicted octanol–water partition coefficient (Wildman–Crippen LogP) is 1.06. The van der Waals surface area contributed by atoms with Gasteiger partial charge in [0.15, 0.2) is 0 Å². The van der Waals surface area contributed by atoms with Crippen molar-refractivity contribution in [2.75, 3.05) is 39.1 Å². The van der Waals surface area contributed by atoms with E-state index in [1.807, 2.05) is 31.1 Å². The number of hydrogen-bond donors (Lipinski definition) is 1. The molecule has 0 radical (unpaired) electrons. The van der Waals surface area contributed by atoms with Crippen molar-refractivity contribution in [1.82, 2.24) is 9.88 Å². The molecule has 0 bridgehead atoms. The Morgan fingerprint density at radius 2 is 1.94 bits per heavy atom. The van der Waals surface area contributed by atoms with Gasteiger partial charge in [-0.05, 0) is 26.0 Å². The zero-order valence-corrected chi connectivity index (χ0v) is 10.8. The summed E-state index contributed by atoms with van der Waals surface area (Å²) < 4.78 is 0. The first-order chi connectivity index (χ1) is 8.01. The molecule has 1 aliphatic heterocycles. The number of nitrogens with zero attached hydrogens (tertiary/aromatic N) is 3. The van der Waals surface area contributed by atoms with Crippen LogP contribution in [0.3, 0.4) is 0 Å². The predicted molar refractivity (Wildman–Crippen MR) is 69.2 cm³/mol. The molecule has 1 fully saturated rings. The highest BCUT2D eigenvalue weighted by molar-refractivity contribution is 5.38. The largest absolute Gasteiger partial charge is 0.385 e. The van der Waals surface area contributed by atoms with Gasteiger partial charge in [-0.25, -0.2) is 4.98 Å². The molecular formula is C13H21N3O. The lowest BCUT2D eigenvalue weighted by Crippen LogP contribution is -2.40. The molecule has 1 aromatic rings. The van der Waals surface area contributed by atoms with Crippen LogP contribution < -0.4 is 4.90 Å². The second-order valence-corrected chi connectivity index (χ2v) is 5.13. The summed E-state index contributed by atoms with van der Waals surface area (Å²) in [6.45, 7) is 1.87. The monoisotopic (exact) mass is 235 g/mol. The molecule has 0 spiro atoms. The van der Waals surface area contributed by atoms with Gasteiger partial charge >= 0.3 is 0 Å². The van der Waals surface area contributed by atoms with E-state index < -0.39 is 5.60 Å². The molecule has 1 saturated heterocycles. The molecule has 0 aliphatic carbocycles. The van der Waals surface area contributed by atoms with Crippen LogP contribution in [-0.4, -0.2) is 49.2 Å². The third-order valence-corrected chi connectivity index (χ3v) is 3.56. The summed E-state index contributed by atoms with van der Waals surface area (Å²) in [6.07, 6.45) is 3.37. The van der Waals surface area contributed by atoms with Gasteiger partial charge in [0, 0.05) is 38.9 Å². The Balaban J connectivity index is 2.16. The van der Waals surface area contributed by atoms with E-state index >= 15 is 0 Å². The van der Waals surface area contributed by atoms with Gasteiger partial charge in [-0.2, -0.15) is 0 Å². The SMILES string of the molecule is CN1CCC(O)(c2ccc(N(C)C)nc2)CC1. The molecule has 1 aliphatic rings. The fourth-order valence-corrected chi connectivity index (χ4v) is 2.20. The third-order valence-electron chi connectivity index (χ3n) is 3.56. The zero-order valence-electron chi connectivity index (χ0n) is 10.8. The maximum Gasteiger partial charge on any atom is 0.127 e. The fourth-order valence-electron chi connectivity index (χ4n) is 2.20. The van der Waals surface area contributed by atoms with E-state index in [0.29, 0.717) is 0 Å². The van der Waals surface area contributed by atoms with Gasteiger partial charge in [0.25, 0.3) is 0 Å². The van der Waals surface area contributed by atoms with Crippen molar-refractivity contribution < 1.29 is 5.11 Å². The number of piperidine rings is 1. The highest BCUT2D eigenvalue weighted by Gasteiger charge is 2.33. The number of aliphatic hydroxyl groups is 1. The summed E-state index contributed by atoms with van der Waals surface area (Å²) in [5.74, 6) is 0.922. The molecule has 2 heterocycles. The minimum absolute atomic E-state index is 0.690. The molecule has 1 N–H and O–H groups in total. The van der Waals surface area contributed by atoms with Gasteiger partial charge in [-0.15, -0.1) is 0 Å². The molecule has 0 unspecified atom stereocenters. The van der Waals surface area contributed by atoms with E-state index in [1.54, 1.807) is 6.20 Å². The average Bonchev–Trinajstić information content (AvgIpc) is 2.33. The van der Waals surface area contributed by atoms with Crippen LogP contribution in [0.4, 0.5) is 5.82 Å². The Hall–Kier alpha value is -1.13. The van der Waals surface area contributed by atoms with Crippen molar-refractivity contribution in [1.29, 1.82) is 0 Å². The molecule has 4 heteroatoms. The number of aromatic nitrogens is 1. The Morgan fingerprint density at radius 1 is 1.29 bits per heavy atom. The highest BCUT2D eigenvalue weighted by atomic mass is 16.3. The van der Waals surface area contributed by atoms with Crippen LogP contribution in [0, 0.1) is 0 Å². The summed E-state index contributed by atoms with van der Waals surface area (Å²) in [5, 5.41) is 10.6. The fraction of sp³-hybridized carbons (Fsp3) is 0.615. The van der Waals surface area contributed by atoms with E-state index in [0.717, 1.165) is 37.3 Å². The van der Waals surface area contributed by atoms with Crippen molar-refractivity contribution in [3.8, 4) is 0 Å². The van der Waals surface area contributed by atoms with E-state index in [-0.39, 0.29) is 0 Å². The maximum absolute atomic E-state index is 10.6. The van der Waals surface area contributed by atoms with Crippen LogP contribution in [0.25, 0.3) is 0 Å². The Labute approximate surface area is 103 Å². The molecule has 0 saturated carbocycles. The summed E-state index contributed by atoms with van der Waals surface area (Å²) in [4.78, 5) is 8.58. The topological polar surface area (TPSA) is 39.6 Å². The van der Waals surface area contributed by atoms with Gasteiger partial charge < -0.3 is 14.9 Å². The molecule has 0 amide bonds. The second kappa shape index (κ2) is 4.63. The second-order valence-electron chi connectivity index (χ2n) is 5.13. The third kappa shape index (κ3) is 2.58. The van der Waals surface area contributed by atoms with Gasteiger partial charge in [0.05, 0.1) is 5.60 Å². The first-order valence-corrected chi connectivity index (χ1v) is 6.06. The molecule has 2 rings (SSSR count). The first kappa shape index (κ1) is 12.3. The van der Waals surface area contributed by atoms with Gasteiger partial charge in [0.2, 0.25) is 0 Å². The Bertz CT molecular complexity index is 367. The zero-order chi connectivity index (χ0) is 12.5. The molecule has 1 aromatic heterocycles. The summed E-state index contributed by atoms with van der Waals surface area (Å²) in [7, 11) is 6.02. The quantitative estimate of drug-likeness (QED) is 0.832. The van der Waals surface area contributed by atoms with Crippen LogP contribution in [0.5, 0.6) is 0 Å². The van der Waals surface area contributed by atoms with Crippen LogP contribution in [-0.2, 0) is 5.60 Å². The lowest BCUT2D eigenvalue weighted by atomic mass is 9.85. The lowest BCUT2D eigenvalue weighted by molar-refractivity contribution is -0.0205. The molecule has 17 heavy (non-hydrogen) atoms. The van der Waals surface area contributed by atoms with Crippen LogP contribution in [0.1, 0.15) is 18.4 Å². The summed E-state index contributed by atoms with van der Waals surface area (Å²) >= 11 is 0. The molecule has 4 nitrogen and oxygen atoms in total. The molecule has 0 aromatic carbocycles. The number of likely N-dealkylation sites (tertiary alicyclic amines) is 1. The number of pyridine rings is 1. The summed E-state index contributed by atoms with van der Waals surface area (Å²) in [6, 6.07) is 3.96. The maximum atomic E-state index is 10.6. The average molecular weight is 235 g/mol. The van der Waals surface area contributed by atoms with E-state index in [9.17, 15) is 5.11 Å². The number of rotatable bonds is 2. The van der Waals surface area contributed by atoms with Crippen molar-refractivity contribution >= 4 is 5.82 Å². The van der Waals surface area contributed by atoms with E-state index in [4.69, 9.17) is 0 Å². The van der Waals surface area contributed by atoms with Crippen LogP contribution in [0.15, 0.2) is 18.3 Å². The Kier molecular flexibility index (Phi) is 3.35. The first-order valence-electron chi connectivity index (χ1n) is 6.06. The number of hydrogen-bond acceptors (Lipinski definition) is 4. The minimum Gasteiger partial charge on any atom is -0.385 e. The van der Waals surface area contributed by atoms with Gasteiger partial charge in [-0.1, -0.05) is 6.07 Å². The molecular weight excluding hydrogens is 214 g/mol. The van der Waals surface area contributed by atoms with Crippen LogP contribution >= 0.6 is 0 Å². The number of anilines is 1.